The number of rotatable bonds is 3. The summed E-state index contributed by atoms with van der Waals surface area (Å²) in [6, 6.07) is 8.77. The quantitative estimate of drug-likeness (QED) is 0.860. The van der Waals surface area contributed by atoms with E-state index in [2.05, 4.69) is 35.9 Å². The van der Waals surface area contributed by atoms with Gasteiger partial charge in [-0.2, -0.15) is 8.76 Å². The van der Waals surface area contributed by atoms with Gasteiger partial charge in [0.05, 0.1) is 0 Å². The van der Waals surface area contributed by atoms with E-state index in [1.165, 1.54) is 37.7 Å². The van der Waals surface area contributed by atoms with E-state index in [9.17, 15) is 4.55 Å². The third-order valence-electron chi connectivity index (χ3n) is 4.19. The summed E-state index contributed by atoms with van der Waals surface area (Å²) in [5, 5.41) is 0. The second kappa shape index (κ2) is 4.24. The van der Waals surface area contributed by atoms with E-state index in [1.54, 1.807) is 0 Å². The maximum absolute atomic E-state index is 11.6. The number of nitrogens with one attached hydrogen (secondary N) is 1. The Morgan fingerprint density at radius 2 is 1.53 bits per heavy atom. The van der Waals surface area contributed by atoms with Crippen LogP contribution in [0.3, 0.4) is 0 Å². The molecule has 0 amide bonds. The molecule has 2 nitrogen and oxygen atoms in total. The lowest BCUT2D eigenvalue weighted by molar-refractivity contribution is 0.405. The Hall–Kier alpha value is -0.510. The van der Waals surface area contributed by atoms with Crippen LogP contribution in [0.25, 0.3) is 0 Å². The molecule has 0 spiro atoms. The minimum atomic E-state index is -3.36. The summed E-state index contributed by atoms with van der Waals surface area (Å²) < 4.78 is 15.2. The van der Waals surface area contributed by atoms with Crippen LogP contribution in [0.2, 0.25) is 0 Å². The topological polar surface area (TPSA) is 32.3 Å². The van der Waals surface area contributed by atoms with E-state index in [0.29, 0.717) is 6.04 Å². The van der Waals surface area contributed by atoms with E-state index in [-0.39, 0.29) is 0 Å². The lowest BCUT2D eigenvalue weighted by atomic mass is 9.96. The largest absolute Gasteiger partial charge is 0.353 e. The summed E-state index contributed by atoms with van der Waals surface area (Å²) >= 11 is 0. The lowest BCUT2D eigenvalue weighted by Gasteiger charge is -2.70. The molecule has 0 unspecified atom stereocenters. The fraction of sp³-hybridized carbons (Fsp3) is 0.625. The van der Waals surface area contributed by atoms with Gasteiger partial charge in [-0.3, -0.25) is 4.72 Å². The van der Waals surface area contributed by atoms with Gasteiger partial charge in [-0.05, 0) is 50.7 Å². The summed E-state index contributed by atoms with van der Waals surface area (Å²) in [6.07, 6.45) is 12.3. The third-order valence-corrected chi connectivity index (χ3v) is 7.58. The third kappa shape index (κ3) is 3.53. The molecule has 1 fully saturated rings. The first-order valence-electron chi connectivity index (χ1n) is 7.24. The van der Waals surface area contributed by atoms with Crippen molar-refractivity contribution in [1.82, 2.24) is 4.72 Å². The second-order valence-electron chi connectivity index (χ2n) is 7.55. The molecule has 2 N–H and O–H groups in total. The van der Waals surface area contributed by atoms with Crippen LogP contribution in [0.4, 0.5) is 0 Å². The van der Waals surface area contributed by atoms with Crippen LogP contribution in [0.1, 0.15) is 37.7 Å². The molecule has 1 saturated carbocycles. The standard InChI is InChI=1S/C16H29NOS/c1-14-10-12-16(13-11-14)19(2,3,4,18)17-15-8-6-5-7-9-15/h10-13,15,17-18H,5-9H2,1-4H3. The van der Waals surface area contributed by atoms with E-state index in [1.807, 2.05) is 18.8 Å². The molecule has 0 radical (unpaired) electrons. The van der Waals surface area contributed by atoms with E-state index in [4.69, 9.17) is 0 Å². The van der Waals surface area contributed by atoms with Gasteiger partial charge < -0.3 is 4.55 Å². The Balaban J connectivity index is 2.31. The first-order valence-corrected chi connectivity index (χ1v) is 10.9. The maximum Gasteiger partial charge on any atom is 0.0164 e. The summed E-state index contributed by atoms with van der Waals surface area (Å²) in [5.41, 5.74) is 1.23. The highest BCUT2D eigenvalue weighted by atomic mass is 32.4. The van der Waals surface area contributed by atoms with Crippen LogP contribution >= 0.6 is 8.76 Å². The zero-order chi connectivity index (χ0) is 14.2. The lowest BCUT2D eigenvalue weighted by Crippen LogP contribution is -2.51. The summed E-state index contributed by atoms with van der Waals surface area (Å²) in [5.74, 6) is 0. The number of benzene rings is 1. The predicted molar refractivity (Wildman–Crippen MR) is 87.4 cm³/mol. The molecule has 110 valence electrons. The molecule has 0 aromatic heterocycles. The molecular weight excluding hydrogens is 254 g/mol. The number of aryl methyl sites for hydroxylation is 1. The molecule has 2 rings (SSSR count). The summed E-state index contributed by atoms with van der Waals surface area (Å²) in [6.45, 7) is 2.08. The molecule has 1 aliphatic rings. The molecule has 1 aromatic carbocycles. The minimum absolute atomic E-state index is 0.446. The Bertz CT molecular complexity index is 451. The molecule has 0 saturated heterocycles. The van der Waals surface area contributed by atoms with Gasteiger partial charge in [-0.1, -0.05) is 37.0 Å². The summed E-state index contributed by atoms with van der Waals surface area (Å²) in [4.78, 5) is 1.04. The molecule has 0 atom stereocenters. The van der Waals surface area contributed by atoms with Gasteiger partial charge in [0.2, 0.25) is 0 Å². The van der Waals surface area contributed by atoms with Crippen molar-refractivity contribution in [2.24, 2.45) is 0 Å². The van der Waals surface area contributed by atoms with Gasteiger partial charge in [0.1, 0.15) is 0 Å². The molecule has 1 aromatic rings. The van der Waals surface area contributed by atoms with Crippen molar-refractivity contribution < 1.29 is 4.55 Å². The zero-order valence-electron chi connectivity index (χ0n) is 12.8. The van der Waals surface area contributed by atoms with Crippen molar-refractivity contribution in [1.29, 1.82) is 0 Å². The van der Waals surface area contributed by atoms with Crippen LogP contribution in [0.5, 0.6) is 0 Å². The molecular formula is C16H29NOS. The minimum Gasteiger partial charge on any atom is -0.353 e. The zero-order valence-corrected chi connectivity index (χ0v) is 13.6. The monoisotopic (exact) mass is 283 g/mol. The second-order valence-corrected chi connectivity index (χ2v) is 14.8. The molecule has 3 heteroatoms. The van der Waals surface area contributed by atoms with Crippen LogP contribution in [-0.4, -0.2) is 29.4 Å². The summed E-state index contributed by atoms with van der Waals surface area (Å²) in [7, 11) is -3.36. The fourth-order valence-electron chi connectivity index (χ4n) is 3.02. The molecule has 0 bridgehead atoms. The molecule has 0 aliphatic heterocycles. The normalized spacial score (nSPS) is 21.7. The van der Waals surface area contributed by atoms with Gasteiger partial charge >= 0.3 is 0 Å². The van der Waals surface area contributed by atoms with Crippen LogP contribution < -0.4 is 4.72 Å². The maximum atomic E-state index is 11.6. The molecule has 1 aliphatic carbocycles. The van der Waals surface area contributed by atoms with E-state index in [0.717, 1.165) is 4.90 Å². The van der Waals surface area contributed by atoms with Gasteiger partial charge in [-0.15, -0.1) is 0 Å². The van der Waals surface area contributed by atoms with Crippen molar-refractivity contribution in [3.63, 3.8) is 0 Å². The molecule has 19 heavy (non-hydrogen) atoms. The van der Waals surface area contributed by atoms with Crippen molar-refractivity contribution >= 4 is 8.76 Å². The van der Waals surface area contributed by atoms with E-state index >= 15 is 0 Å². The number of hydrogen-bond donors (Lipinski definition) is 2. The van der Waals surface area contributed by atoms with Crippen molar-refractivity contribution in [3.05, 3.63) is 29.8 Å². The van der Waals surface area contributed by atoms with Gasteiger partial charge in [0.15, 0.2) is 0 Å². The Kier molecular flexibility index (Phi) is 3.32. The Labute approximate surface area is 117 Å². The smallest absolute Gasteiger partial charge is 0.0164 e. The first kappa shape index (κ1) is 14.9. The fourth-order valence-corrected chi connectivity index (χ4v) is 5.92. The Morgan fingerprint density at radius 1 is 1.00 bits per heavy atom. The highest BCUT2D eigenvalue weighted by Gasteiger charge is 2.47. The van der Waals surface area contributed by atoms with Gasteiger partial charge in [0, 0.05) is 10.9 Å². The van der Waals surface area contributed by atoms with Crippen molar-refractivity contribution in [2.75, 3.05) is 18.8 Å². The van der Waals surface area contributed by atoms with E-state index < -0.39 is 8.76 Å². The highest BCUT2D eigenvalue weighted by Crippen LogP contribution is 2.80. The Morgan fingerprint density at radius 3 is 2.05 bits per heavy atom. The van der Waals surface area contributed by atoms with Crippen LogP contribution in [0, 0.1) is 6.92 Å². The van der Waals surface area contributed by atoms with Gasteiger partial charge in [-0.25, -0.2) is 0 Å². The average molecular weight is 283 g/mol. The SMILES string of the molecule is Cc1ccc(S(C)(C)(C)(O)NC2CCCCC2)cc1. The van der Waals surface area contributed by atoms with Crippen molar-refractivity contribution in [2.45, 2.75) is 50.0 Å². The number of hydrogen-bond acceptors (Lipinski definition) is 2. The average Bonchev–Trinajstić information content (AvgIpc) is 2.28. The first-order chi connectivity index (χ1) is 8.59. The van der Waals surface area contributed by atoms with Crippen LogP contribution in [0.15, 0.2) is 29.2 Å². The highest BCUT2D eigenvalue weighted by molar-refractivity contribution is 8.57. The molecule has 0 heterocycles. The van der Waals surface area contributed by atoms with Crippen molar-refractivity contribution in [3.8, 4) is 0 Å². The van der Waals surface area contributed by atoms with Crippen LogP contribution in [-0.2, 0) is 0 Å². The van der Waals surface area contributed by atoms with Gasteiger partial charge in [0.25, 0.3) is 0 Å². The predicted octanol–water partition coefficient (Wildman–Crippen LogP) is 4.43.